The third-order valence-corrected chi connectivity index (χ3v) is 7.91. The summed E-state index contributed by atoms with van der Waals surface area (Å²) in [6, 6.07) is 20.4. The van der Waals surface area contributed by atoms with Gasteiger partial charge in [-0.3, -0.25) is 9.59 Å². The highest BCUT2D eigenvalue weighted by molar-refractivity contribution is 7.89. The molecular formula is C25H25Cl2N3O4S. The molecule has 0 atom stereocenters. The second-order valence-corrected chi connectivity index (χ2v) is 10.5. The van der Waals surface area contributed by atoms with E-state index in [4.69, 9.17) is 23.2 Å². The Hall–Kier alpha value is -2.91. The topological polar surface area (TPSA) is 95.6 Å². The average Bonchev–Trinajstić information content (AvgIpc) is 2.83. The van der Waals surface area contributed by atoms with Gasteiger partial charge in [0.1, 0.15) is 0 Å². The third-order valence-electron chi connectivity index (χ3n) is 5.22. The lowest BCUT2D eigenvalue weighted by atomic mass is 10.2. The molecule has 0 heterocycles. The molecule has 0 aliphatic heterocycles. The molecule has 0 aromatic heterocycles. The van der Waals surface area contributed by atoms with E-state index in [1.165, 1.54) is 6.07 Å². The van der Waals surface area contributed by atoms with Crippen molar-refractivity contribution in [1.82, 2.24) is 14.9 Å². The summed E-state index contributed by atoms with van der Waals surface area (Å²) >= 11 is 12.3. The molecule has 0 spiro atoms. The Morgan fingerprint density at radius 1 is 0.743 bits per heavy atom. The monoisotopic (exact) mass is 533 g/mol. The summed E-state index contributed by atoms with van der Waals surface area (Å²) in [7, 11) is -4.14. The van der Waals surface area contributed by atoms with Crippen molar-refractivity contribution < 1.29 is 18.0 Å². The van der Waals surface area contributed by atoms with Gasteiger partial charge in [-0.2, -0.15) is 4.31 Å². The van der Waals surface area contributed by atoms with Crippen LogP contribution in [0.15, 0.2) is 77.7 Å². The number of nitrogens with one attached hydrogen (secondary N) is 2. The molecule has 3 aromatic carbocycles. The Bertz CT molecular complexity index is 1250. The highest BCUT2D eigenvalue weighted by Gasteiger charge is 2.29. The molecule has 0 aliphatic rings. The Balaban J connectivity index is 1.75. The molecule has 0 fully saturated rings. The molecule has 0 aliphatic carbocycles. The van der Waals surface area contributed by atoms with E-state index in [1.807, 2.05) is 0 Å². The summed E-state index contributed by atoms with van der Waals surface area (Å²) < 4.78 is 27.7. The number of hydrogen-bond acceptors (Lipinski definition) is 4. The first kappa shape index (κ1) is 26.7. The van der Waals surface area contributed by atoms with Crippen molar-refractivity contribution in [3.8, 4) is 0 Å². The van der Waals surface area contributed by atoms with E-state index in [1.54, 1.807) is 73.7 Å². The third kappa shape index (κ3) is 7.29. The van der Waals surface area contributed by atoms with Crippen LogP contribution in [0.1, 0.15) is 16.7 Å². The van der Waals surface area contributed by atoms with Crippen molar-refractivity contribution >= 4 is 45.0 Å². The van der Waals surface area contributed by atoms with Crippen molar-refractivity contribution in [2.45, 2.75) is 24.9 Å². The largest absolute Gasteiger partial charge is 0.351 e. The molecule has 10 heteroatoms. The highest BCUT2D eigenvalue weighted by atomic mass is 35.5. The fourth-order valence-corrected chi connectivity index (χ4v) is 5.30. The van der Waals surface area contributed by atoms with Crippen LogP contribution in [0.5, 0.6) is 0 Å². The van der Waals surface area contributed by atoms with Gasteiger partial charge in [-0.05, 0) is 41.8 Å². The number of amides is 2. The molecule has 0 unspecified atom stereocenters. The van der Waals surface area contributed by atoms with E-state index in [-0.39, 0.29) is 18.0 Å². The standard InChI is InChI=1S/C25H25Cl2N3O4S/c1-18-8-2-7-13-23(18)35(33,34)30(16-24(31)28-14-19-9-3-5-11-21(19)26)17-25(32)29-15-20-10-4-6-12-22(20)27/h2-13H,14-17H2,1H3,(H,28,31)(H,29,32). The quantitative estimate of drug-likeness (QED) is 0.412. The second-order valence-electron chi connectivity index (χ2n) is 7.77. The van der Waals surface area contributed by atoms with Crippen LogP contribution in [0.4, 0.5) is 0 Å². The molecule has 2 amide bonds. The molecule has 2 N–H and O–H groups in total. The molecule has 0 saturated carbocycles. The van der Waals surface area contributed by atoms with Gasteiger partial charge in [-0.1, -0.05) is 77.8 Å². The normalized spacial score (nSPS) is 11.3. The second kappa shape index (κ2) is 12.2. The number of carbonyl (C=O) groups is 2. The van der Waals surface area contributed by atoms with Gasteiger partial charge in [-0.15, -0.1) is 0 Å². The SMILES string of the molecule is Cc1ccccc1S(=O)(=O)N(CC(=O)NCc1ccccc1Cl)CC(=O)NCc1ccccc1Cl. The van der Waals surface area contributed by atoms with Gasteiger partial charge in [0.15, 0.2) is 0 Å². The summed E-state index contributed by atoms with van der Waals surface area (Å²) in [6.07, 6.45) is 0. The predicted octanol–water partition coefficient (Wildman–Crippen LogP) is 3.93. The fourth-order valence-electron chi connectivity index (χ4n) is 3.31. The first-order valence-corrected chi connectivity index (χ1v) is 12.9. The zero-order chi connectivity index (χ0) is 25.4. The first-order valence-electron chi connectivity index (χ1n) is 10.7. The minimum Gasteiger partial charge on any atom is -0.351 e. The minimum atomic E-state index is -4.14. The van der Waals surface area contributed by atoms with Gasteiger partial charge < -0.3 is 10.6 Å². The van der Waals surface area contributed by atoms with Crippen LogP contribution in [0.3, 0.4) is 0 Å². The average molecular weight is 534 g/mol. The van der Waals surface area contributed by atoms with E-state index >= 15 is 0 Å². The molecule has 184 valence electrons. The molecule has 0 saturated heterocycles. The van der Waals surface area contributed by atoms with Gasteiger partial charge in [0, 0.05) is 23.1 Å². The van der Waals surface area contributed by atoms with Gasteiger partial charge in [0.2, 0.25) is 21.8 Å². The molecular weight excluding hydrogens is 509 g/mol. The van der Waals surface area contributed by atoms with Crippen molar-refractivity contribution in [2.75, 3.05) is 13.1 Å². The Morgan fingerprint density at radius 2 is 1.17 bits per heavy atom. The lowest BCUT2D eigenvalue weighted by Crippen LogP contribution is -2.45. The molecule has 0 radical (unpaired) electrons. The Kier molecular flexibility index (Phi) is 9.28. The summed E-state index contributed by atoms with van der Waals surface area (Å²) in [5, 5.41) is 6.30. The van der Waals surface area contributed by atoms with Crippen molar-refractivity contribution in [2.24, 2.45) is 0 Å². The van der Waals surface area contributed by atoms with Crippen molar-refractivity contribution in [3.63, 3.8) is 0 Å². The maximum Gasteiger partial charge on any atom is 0.244 e. The van der Waals surface area contributed by atoms with Crippen molar-refractivity contribution in [3.05, 3.63) is 99.5 Å². The molecule has 0 bridgehead atoms. The van der Waals surface area contributed by atoms with E-state index in [0.717, 1.165) is 4.31 Å². The van der Waals surface area contributed by atoms with E-state index in [0.29, 0.717) is 26.7 Å². The van der Waals surface area contributed by atoms with E-state index in [2.05, 4.69) is 10.6 Å². The zero-order valence-corrected chi connectivity index (χ0v) is 21.3. The number of sulfonamides is 1. The van der Waals surface area contributed by atoms with Crippen molar-refractivity contribution in [1.29, 1.82) is 0 Å². The first-order chi connectivity index (χ1) is 16.7. The number of aryl methyl sites for hydroxylation is 1. The van der Waals surface area contributed by atoms with Crippen LogP contribution in [-0.2, 0) is 32.7 Å². The molecule has 35 heavy (non-hydrogen) atoms. The van der Waals surface area contributed by atoms with Crippen LogP contribution in [0, 0.1) is 6.92 Å². The number of nitrogens with zero attached hydrogens (tertiary/aromatic N) is 1. The van der Waals surface area contributed by atoms with E-state index < -0.39 is 34.9 Å². The van der Waals surface area contributed by atoms with E-state index in [9.17, 15) is 18.0 Å². The molecule has 7 nitrogen and oxygen atoms in total. The molecule has 3 aromatic rings. The highest BCUT2D eigenvalue weighted by Crippen LogP contribution is 2.20. The number of rotatable bonds is 10. The van der Waals surface area contributed by atoms with Gasteiger partial charge in [0.25, 0.3) is 0 Å². The van der Waals surface area contributed by atoms with Gasteiger partial charge >= 0.3 is 0 Å². The smallest absolute Gasteiger partial charge is 0.244 e. The van der Waals surface area contributed by atoms with Gasteiger partial charge in [0.05, 0.1) is 18.0 Å². The maximum absolute atomic E-state index is 13.4. The molecule has 3 rings (SSSR count). The maximum atomic E-state index is 13.4. The number of halogens is 2. The predicted molar refractivity (Wildman–Crippen MR) is 137 cm³/mol. The number of carbonyl (C=O) groups excluding carboxylic acids is 2. The van der Waals surface area contributed by atoms with Crippen LogP contribution in [0.2, 0.25) is 10.0 Å². The minimum absolute atomic E-state index is 0.0257. The van der Waals surface area contributed by atoms with Crippen LogP contribution < -0.4 is 10.6 Å². The van der Waals surface area contributed by atoms with Gasteiger partial charge in [-0.25, -0.2) is 8.42 Å². The summed E-state index contributed by atoms with van der Waals surface area (Å²) in [5.41, 5.74) is 1.88. The Morgan fingerprint density at radius 3 is 1.63 bits per heavy atom. The summed E-state index contributed by atoms with van der Waals surface area (Å²) in [6.45, 7) is 0.812. The number of benzene rings is 3. The van der Waals surface area contributed by atoms with Crippen LogP contribution >= 0.6 is 23.2 Å². The lowest BCUT2D eigenvalue weighted by Gasteiger charge is -2.22. The zero-order valence-electron chi connectivity index (χ0n) is 19.0. The van der Waals surface area contributed by atoms with Crippen LogP contribution in [-0.4, -0.2) is 37.6 Å². The number of hydrogen-bond donors (Lipinski definition) is 2. The summed E-state index contributed by atoms with van der Waals surface area (Å²) in [4.78, 5) is 25.4. The lowest BCUT2D eigenvalue weighted by molar-refractivity contribution is -0.123. The fraction of sp³-hybridized carbons (Fsp3) is 0.200. The summed E-state index contributed by atoms with van der Waals surface area (Å²) in [5.74, 6) is -1.14. The Labute approximate surface area is 215 Å². The van der Waals surface area contributed by atoms with Crippen LogP contribution in [0.25, 0.3) is 0 Å².